The van der Waals surface area contributed by atoms with Gasteiger partial charge in [-0.05, 0) is 83.5 Å². The van der Waals surface area contributed by atoms with Crippen molar-refractivity contribution in [1.82, 2.24) is 0 Å². The SMILES string of the molecule is CCCCCCC/C=C\C/C=C\C/C=C\CCCCCCCCCCCCCCC(=O)OCC(COC(=O)CCCCCCCCCCCCCCCCCCC)OC(=O)CCCCCCCCC/C=C\CCCCCCCCC. The van der Waals surface area contributed by atoms with Gasteiger partial charge in [-0.15, -0.1) is 0 Å². The van der Waals surface area contributed by atoms with Crippen LogP contribution in [0.5, 0.6) is 0 Å². The van der Waals surface area contributed by atoms with Crippen LogP contribution in [-0.4, -0.2) is 37.2 Å². The average molecular weight is 1120 g/mol. The highest BCUT2D eigenvalue weighted by Gasteiger charge is 2.19. The Labute approximate surface area is 498 Å². The third-order valence-corrected chi connectivity index (χ3v) is 16.1. The molecule has 1 atom stereocenters. The second kappa shape index (κ2) is 68.9. The summed E-state index contributed by atoms with van der Waals surface area (Å²) in [5, 5.41) is 0. The van der Waals surface area contributed by atoms with Gasteiger partial charge in [0.05, 0.1) is 0 Å². The van der Waals surface area contributed by atoms with E-state index >= 15 is 0 Å². The van der Waals surface area contributed by atoms with Gasteiger partial charge in [-0.2, -0.15) is 0 Å². The summed E-state index contributed by atoms with van der Waals surface area (Å²) in [4.78, 5) is 38.5. The van der Waals surface area contributed by atoms with Crippen LogP contribution in [-0.2, 0) is 28.6 Å². The minimum Gasteiger partial charge on any atom is -0.462 e. The fourth-order valence-electron chi connectivity index (χ4n) is 10.7. The van der Waals surface area contributed by atoms with Crippen LogP contribution in [0.3, 0.4) is 0 Å². The predicted molar refractivity (Wildman–Crippen MR) is 349 cm³/mol. The number of esters is 3. The zero-order chi connectivity index (χ0) is 57.8. The summed E-state index contributed by atoms with van der Waals surface area (Å²) >= 11 is 0. The van der Waals surface area contributed by atoms with Gasteiger partial charge in [-0.1, -0.05) is 333 Å². The van der Waals surface area contributed by atoms with E-state index in [2.05, 4.69) is 69.4 Å². The Hall–Kier alpha value is -2.63. The quantitative estimate of drug-likeness (QED) is 0.0261. The van der Waals surface area contributed by atoms with Crippen LogP contribution in [0.4, 0.5) is 0 Å². The van der Waals surface area contributed by atoms with Crippen molar-refractivity contribution < 1.29 is 28.6 Å². The van der Waals surface area contributed by atoms with Crippen molar-refractivity contribution >= 4 is 17.9 Å². The Morgan fingerprint density at radius 2 is 0.450 bits per heavy atom. The molecule has 0 spiro atoms. The summed E-state index contributed by atoms with van der Waals surface area (Å²) in [5.41, 5.74) is 0. The first-order valence-electron chi connectivity index (χ1n) is 35.6. The maximum absolute atomic E-state index is 12.9. The molecule has 0 rings (SSSR count). The van der Waals surface area contributed by atoms with Crippen LogP contribution in [0, 0.1) is 0 Å². The number of carbonyl (C=O) groups is 3. The monoisotopic (exact) mass is 1120 g/mol. The van der Waals surface area contributed by atoms with Crippen molar-refractivity contribution in [1.29, 1.82) is 0 Å². The minimum absolute atomic E-state index is 0.0704. The molecule has 0 fully saturated rings. The molecule has 0 aliphatic heterocycles. The second-order valence-corrected chi connectivity index (χ2v) is 24.1. The van der Waals surface area contributed by atoms with Crippen molar-refractivity contribution in [2.24, 2.45) is 0 Å². The molecule has 0 aromatic carbocycles. The third-order valence-electron chi connectivity index (χ3n) is 16.1. The molecule has 6 nitrogen and oxygen atoms in total. The van der Waals surface area contributed by atoms with Crippen LogP contribution in [0.2, 0.25) is 0 Å². The standard InChI is InChI=1S/C74H136O6/c1-4-7-10-13-16-19-22-25-28-31-33-34-35-36-37-38-39-40-41-44-46-49-52-55-58-61-64-67-73(76)79-70-71(69-78-72(75)66-63-60-57-54-51-48-45-42-30-27-24-21-18-15-12-9-6-3)80-74(77)68-65-62-59-56-53-50-47-43-32-29-26-23-20-17-14-11-8-5-2/h22,25,29,31-33,35-36,71H,4-21,23-24,26-28,30,34,37-70H2,1-3H3/b25-22-,32-29-,33-31-,36-35-. The molecule has 0 aliphatic carbocycles. The van der Waals surface area contributed by atoms with E-state index in [4.69, 9.17) is 14.2 Å². The number of hydrogen-bond acceptors (Lipinski definition) is 6. The van der Waals surface area contributed by atoms with Crippen LogP contribution in [0.25, 0.3) is 0 Å². The highest BCUT2D eigenvalue weighted by atomic mass is 16.6. The molecular weight excluding hydrogens is 985 g/mol. The number of unbranched alkanes of at least 4 members (excludes halogenated alkanes) is 47. The first-order valence-corrected chi connectivity index (χ1v) is 35.6. The molecule has 0 N–H and O–H groups in total. The zero-order valence-electron chi connectivity index (χ0n) is 53.9. The molecule has 468 valence electrons. The van der Waals surface area contributed by atoms with Crippen molar-refractivity contribution in [3.8, 4) is 0 Å². The maximum Gasteiger partial charge on any atom is 0.306 e. The van der Waals surface area contributed by atoms with Crippen LogP contribution in [0.15, 0.2) is 48.6 Å². The summed E-state index contributed by atoms with van der Waals surface area (Å²) in [6.45, 7) is 6.69. The van der Waals surface area contributed by atoms with E-state index in [-0.39, 0.29) is 31.1 Å². The van der Waals surface area contributed by atoms with E-state index in [0.717, 1.165) is 70.6 Å². The van der Waals surface area contributed by atoms with Crippen LogP contribution >= 0.6 is 0 Å². The Bertz CT molecular complexity index is 1380. The molecule has 1 unspecified atom stereocenters. The van der Waals surface area contributed by atoms with Gasteiger partial charge < -0.3 is 14.2 Å². The number of allylic oxidation sites excluding steroid dienone is 8. The Morgan fingerprint density at radius 1 is 0.250 bits per heavy atom. The first-order chi connectivity index (χ1) is 39.5. The van der Waals surface area contributed by atoms with Gasteiger partial charge in [0.15, 0.2) is 6.10 Å². The zero-order valence-corrected chi connectivity index (χ0v) is 53.9. The number of ether oxygens (including phenoxy) is 3. The Morgan fingerprint density at radius 3 is 0.713 bits per heavy atom. The molecule has 0 heterocycles. The van der Waals surface area contributed by atoms with E-state index in [1.165, 1.54) is 276 Å². The molecule has 0 amide bonds. The van der Waals surface area contributed by atoms with Crippen LogP contribution < -0.4 is 0 Å². The molecule has 0 radical (unpaired) electrons. The van der Waals surface area contributed by atoms with Crippen LogP contribution in [0.1, 0.15) is 387 Å². The summed E-state index contributed by atoms with van der Waals surface area (Å²) in [7, 11) is 0. The van der Waals surface area contributed by atoms with E-state index in [9.17, 15) is 14.4 Å². The topological polar surface area (TPSA) is 78.9 Å². The van der Waals surface area contributed by atoms with Crippen molar-refractivity contribution in [2.75, 3.05) is 13.2 Å². The lowest BCUT2D eigenvalue weighted by atomic mass is 10.0. The predicted octanol–water partition coefficient (Wildman–Crippen LogP) is 24.5. The molecule has 6 heteroatoms. The summed E-state index contributed by atoms with van der Waals surface area (Å²) in [6, 6.07) is 0. The first kappa shape index (κ1) is 77.4. The maximum atomic E-state index is 12.9. The molecule has 0 saturated carbocycles. The summed E-state index contributed by atoms with van der Waals surface area (Å²) in [5.74, 6) is -0.849. The number of carbonyl (C=O) groups excluding carboxylic acids is 3. The van der Waals surface area contributed by atoms with Crippen molar-refractivity contribution in [2.45, 2.75) is 393 Å². The highest BCUT2D eigenvalue weighted by Crippen LogP contribution is 2.18. The molecule has 0 aromatic heterocycles. The highest BCUT2D eigenvalue weighted by molar-refractivity contribution is 5.71. The average Bonchev–Trinajstić information content (AvgIpc) is 3.46. The molecule has 0 aliphatic rings. The van der Waals surface area contributed by atoms with E-state index in [1.807, 2.05) is 0 Å². The van der Waals surface area contributed by atoms with E-state index in [1.54, 1.807) is 0 Å². The van der Waals surface area contributed by atoms with Gasteiger partial charge in [0.1, 0.15) is 13.2 Å². The molecule has 0 aromatic rings. The van der Waals surface area contributed by atoms with Gasteiger partial charge in [0, 0.05) is 19.3 Å². The molecule has 80 heavy (non-hydrogen) atoms. The van der Waals surface area contributed by atoms with Gasteiger partial charge in [-0.3, -0.25) is 14.4 Å². The van der Waals surface area contributed by atoms with E-state index < -0.39 is 6.10 Å². The lowest BCUT2D eigenvalue weighted by molar-refractivity contribution is -0.167. The molecule has 0 saturated heterocycles. The fraction of sp³-hybridized carbons (Fsp3) is 0.851. The summed E-state index contributed by atoms with van der Waals surface area (Å²) in [6.07, 6.45) is 87.0. The third kappa shape index (κ3) is 66.2. The lowest BCUT2D eigenvalue weighted by Crippen LogP contribution is -2.30. The smallest absolute Gasteiger partial charge is 0.306 e. The number of hydrogen-bond donors (Lipinski definition) is 0. The lowest BCUT2D eigenvalue weighted by Gasteiger charge is -2.18. The van der Waals surface area contributed by atoms with Crippen molar-refractivity contribution in [3.05, 3.63) is 48.6 Å². The number of rotatable bonds is 66. The fourth-order valence-corrected chi connectivity index (χ4v) is 10.7. The second-order valence-electron chi connectivity index (χ2n) is 24.1. The Kier molecular flexibility index (Phi) is 66.6. The minimum atomic E-state index is -0.775. The Balaban J connectivity index is 4.29. The van der Waals surface area contributed by atoms with E-state index in [0.29, 0.717) is 19.3 Å². The largest absolute Gasteiger partial charge is 0.462 e. The van der Waals surface area contributed by atoms with Gasteiger partial charge in [0.2, 0.25) is 0 Å². The normalized spacial score (nSPS) is 12.3. The van der Waals surface area contributed by atoms with Gasteiger partial charge in [0.25, 0.3) is 0 Å². The van der Waals surface area contributed by atoms with Gasteiger partial charge >= 0.3 is 17.9 Å². The summed E-state index contributed by atoms with van der Waals surface area (Å²) < 4.78 is 17.0. The van der Waals surface area contributed by atoms with Gasteiger partial charge in [-0.25, -0.2) is 0 Å². The molecule has 0 bridgehead atoms. The van der Waals surface area contributed by atoms with Crippen molar-refractivity contribution in [3.63, 3.8) is 0 Å². The molecular formula is C74H136O6.